The van der Waals surface area contributed by atoms with Crippen molar-refractivity contribution in [3.63, 3.8) is 0 Å². The number of fused-ring (bicyclic) bond motifs is 1. The van der Waals surface area contributed by atoms with Crippen molar-refractivity contribution in [2.45, 2.75) is 58.3 Å². The first kappa shape index (κ1) is 23.3. The summed E-state index contributed by atoms with van der Waals surface area (Å²) in [5, 5.41) is 21.4. The van der Waals surface area contributed by atoms with Crippen LogP contribution >= 0.6 is 0 Å². The summed E-state index contributed by atoms with van der Waals surface area (Å²) in [7, 11) is 0. The minimum atomic E-state index is -1.15. The summed E-state index contributed by atoms with van der Waals surface area (Å²) in [6, 6.07) is 7.98. The predicted octanol–water partition coefficient (Wildman–Crippen LogP) is 1.42. The second kappa shape index (κ2) is 9.40. The molecule has 0 radical (unpaired) electrons. The van der Waals surface area contributed by atoms with Crippen LogP contribution in [0.2, 0.25) is 0 Å². The molecule has 3 atom stereocenters. The Morgan fingerprint density at radius 2 is 1.75 bits per heavy atom. The van der Waals surface area contributed by atoms with Gasteiger partial charge in [-0.15, -0.1) is 0 Å². The highest BCUT2D eigenvalue weighted by Crippen LogP contribution is 2.26. The number of rotatable bonds is 6. The molecule has 0 spiro atoms. The van der Waals surface area contributed by atoms with E-state index in [1.165, 1.54) is 11.8 Å². The molecular formula is C24H29N3O5. The van der Waals surface area contributed by atoms with Gasteiger partial charge in [-0.05, 0) is 67.1 Å². The standard InChI is InChI=1S/C24H29N3O5/c1-13-8-18(28)9-14(2)19(13)11-20(25)23(30)27-12-17-7-5-4-6-16(17)10-21(27)22(29)26-15(3)24(31)32/h4-9,15,20-21,28H,10-12,25H2,1-3H3,(H,26,29)(H,31,32)/t15-,20-,21+/m0/s1. The van der Waals surface area contributed by atoms with Gasteiger partial charge in [0.2, 0.25) is 11.8 Å². The molecule has 3 rings (SSSR count). The third kappa shape index (κ3) is 4.91. The van der Waals surface area contributed by atoms with Gasteiger partial charge in [0, 0.05) is 13.0 Å². The molecule has 2 aromatic carbocycles. The topological polar surface area (TPSA) is 133 Å². The molecule has 2 aromatic rings. The fourth-order valence-electron chi connectivity index (χ4n) is 4.17. The average molecular weight is 440 g/mol. The van der Waals surface area contributed by atoms with Crippen LogP contribution in [0.1, 0.15) is 34.7 Å². The summed E-state index contributed by atoms with van der Waals surface area (Å²) in [4.78, 5) is 39.0. The van der Waals surface area contributed by atoms with E-state index < -0.39 is 30.0 Å². The Labute approximate surface area is 187 Å². The molecule has 0 unspecified atom stereocenters. The van der Waals surface area contributed by atoms with Crippen LogP contribution in [0.3, 0.4) is 0 Å². The van der Waals surface area contributed by atoms with Gasteiger partial charge in [-0.2, -0.15) is 0 Å². The number of hydrogen-bond acceptors (Lipinski definition) is 5. The Kier molecular flexibility index (Phi) is 6.84. The quantitative estimate of drug-likeness (QED) is 0.538. The van der Waals surface area contributed by atoms with Crippen LogP contribution in [0.4, 0.5) is 0 Å². The molecule has 2 amide bonds. The molecule has 8 heteroatoms. The average Bonchev–Trinajstić information content (AvgIpc) is 2.74. The smallest absolute Gasteiger partial charge is 0.325 e. The molecule has 5 N–H and O–H groups in total. The zero-order valence-corrected chi connectivity index (χ0v) is 18.5. The van der Waals surface area contributed by atoms with Crippen molar-refractivity contribution in [2.24, 2.45) is 5.73 Å². The van der Waals surface area contributed by atoms with E-state index in [1.807, 2.05) is 38.1 Å². The molecule has 0 aliphatic carbocycles. The molecule has 0 saturated heterocycles. The normalized spacial score (nSPS) is 17.2. The van der Waals surface area contributed by atoms with Gasteiger partial charge in [0.1, 0.15) is 17.8 Å². The lowest BCUT2D eigenvalue weighted by molar-refractivity contribution is -0.145. The summed E-state index contributed by atoms with van der Waals surface area (Å²) in [6.45, 7) is 5.29. The third-order valence-electron chi connectivity index (χ3n) is 5.99. The number of nitrogens with zero attached hydrogens (tertiary/aromatic N) is 1. The van der Waals surface area contributed by atoms with Gasteiger partial charge >= 0.3 is 5.97 Å². The zero-order valence-electron chi connectivity index (χ0n) is 18.5. The first-order chi connectivity index (χ1) is 15.1. The van der Waals surface area contributed by atoms with Crippen molar-refractivity contribution in [1.82, 2.24) is 10.2 Å². The van der Waals surface area contributed by atoms with Gasteiger partial charge in [-0.25, -0.2) is 0 Å². The molecule has 0 bridgehead atoms. The summed E-state index contributed by atoms with van der Waals surface area (Å²) < 4.78 is 0. The number of amides is 2. The number of carboxylic acid groups (broad SMARTS) is 1. The van der Waals surface area contributed by atoms with Crippen LogP contribution in [-0.2, 0) is 33.8 Å². The molecule has 1 aliphatic heterocycles. The highest BCUT2D eigenvalue weighted by molar-refractivity contribution is 5.92. The van der Waals surface area contributed by atoms with Crippen LogP contribution in [0, 0.1) is 13.8 Å². The summed E-state index contributed by atoms with van der Waals surface area (Å²) >= 11 is 0. The number of nitrogens with one attached hydrogen (secondary N) is 1. The van der Waals surface area contributed by atoms with Crippen molar-refractivity contribution >= 4 is 17.8 Å². The van der Waals surface area contributed by atoms with Crippen LogP contribution < -0.4 is 11.1 Å². The van der Waals surface area contributed by atoms with Gasteiger partial charge in [-0.3, -0.25) is 14.4 Å². The van der Waals surface area contributed by atoms with E-state index in [2.05, 4.69) is 5.32 Å². The highest BCUT2D eigenvalue weighted by atomic mass is 16.4. The molecule has 0 saturated carbocycles. The number of aliphatic carboxylic acids is 1. The molecule has 170 valence electrons. The van der Waals surface area contributed by atoms with E-state index in [4.69, 9.17) is 10.8 Å². The van der Waals surface area contributed by atoms with Crippen LogP contribution in [-0.4, -0.2) is 51.0 Å². The maximum absolute atomic E-state index is 13.4. The van der Waals surface area contributed by atoms with Gasteiger partial charge in [-0.1, -0.05) is 24.3 Å². The summed E-state index contributed by atoms with van der Waals surface area (Å²) in [5.41, 5.74) is 10.7. The van der Waals surface area contributed by atoms with E-state index in [0.717, 1.165) is 27.8 Å². The Morgan fingerprint density at radius 3 is 2.34 bits per heavy atom. The van der Waals surface area contributed by atoms with E-state index in [0.29, 0.717) is 0 Å². The number of hydrogen-bond donors (Lipinski definition) is 4. The summed E-state index contributed by atoms with van der Waals surface area (Å²) in [5.74, 6) is -1.90. The van der Waals surface area contributed by atoms with Crippen molar-refractivity contribution in [3.05, 3.63) is 64.2 Å². The second-order valence-electron chi connectivity index (χ2n) is 8.39. The summed E-state index contributed by atoms with van der Waals surface area (Å²) in [6.07, 6.45) is 0.541. The van der Waals surface area contributed by atoms with Crippen LogP contribution in [0.5, 0.6) is 5.75 Å². The molecule has 1 heterocycles. The fourth-order valence-corrected chi connectivity index (χ4v) is 4.17. The van der Waals surface area contributed by atoms with Crippen LogP contribution in [0.15, 0.2) is 36.4 Å². The molecule has 1 aliphatic rings. The second-order valence-corrected chi connectivity index (χ2v) is 8.39. The lowest BCUT2D eigenvalue weighted by Gasteiger charge is -2.37. The van der Waals surface area contributed by atoms with E-state index in [9.17, 15) is 19.5 Å². The first-order valence-electron chi connectivity index (χ1n) is 10.5. The fraction of sp³-hybridized carbons (Fsp3) is 0.375. The Morgan fingerprint density at radius 1 is 1.16 bits per heavy atom. The van der Waals surface area contributed by atoms with Gasteiger partial charge in [0.25, 0.3) is 0 Å². The number of nitrogens with two attached hydrogens (primary N) is 1. The van der Waals surface area contributed by atoms with E-state index in [1.54, 1.807) is 12.1 Å². The number of carbonyl (C=O) groups is 3. The van der Waals surface area contributed by atoms with Crippen molar-refractivity contribution in [2.75, 3.05) is 0 Å². The van der Waals surface area contributed by atoms with Gasteiger partial charge in [0.05, 0.1) is 6.04 Å². The minimum Gasteiger partial charge on any atom is -0.508 e. The predicted molar refractivity (Wildman–Crippen MR) is 119 cm³/mol. The van der Waals surface area contributed by atoms with Crippen molar-refractivity contribution in [1.29, 1.82) is 0 Å². The Bertz CT molecular complexity index is 1030. The number of aryl methyl sites for hydroxylation is 2. The molecule has 0 aromatic heterocycles. The van der Waals surface area contributed by atoms with Crippen LogP contribution in [0.25, 0.3) is 0 Å². The van der Waals surface area contributed by atoms with Crippen molar-refractivity contribution < 1.29 is 24.6 Å². The monoisotopic (exact) mass is 439 g/mol. The highest BCUT2D eigenvalue weighted by Gasteiger charge is 2.37. The number of carboxylic acids is 1. The maximum Gasteiger partial charge on any atom is 0.325 e. The Hall–Kier alpha value is -3.39. The molecule has 32 heavy (non-hydrogen) atoms. The van der Waals surface area contributed by atoms with Gasteiger partial charge < -0.3 is 26.2 Å². The van der Waals surface area contributed by atoms with E-state index in [-0.39, 0.29) is 31.0 Å². The number of phenolic OH excluding ortho intramolecular Hbond substituents is 1. The minimum absolute atomic E-state index is 0.153. The number of benzene rings is 2. The molecule has 0 fully saturated rings. The molecule has 8 nitrogen and oxygen atoms in total. The first-order valence-corrected chi connectivity index (χ1v) is 10.5. The molecular weight excluding hydrogens is 410 g/mol. The lowest BCUT2D eigenvalue weighted by Crippen LogP contribution is -2.58. The number of phenols is 1. The number of aromatic hydroxyl groups is 1. The van der Waals surface area contributed by atoms with Gasteiger partial charge in [0.15, 0.2) is 0 Å². The van der Waals surface area contributed by atoms with Crippen molar-refractivity contribution in [3.8, 4) is 5.75 Å². The lowest BCUT2D eigenvalue weighted by atomic mass is 9.91. The number of carbonyl (C=O) groups excluding carboxylic acids is 2. The third-order valence-corrected chi connectivity index (χ3v) is 5.99. The SMILES string of the molecule is Cc1cc(O)cc(C)c1C[C@H](N)C(=O)N1Cc2ccccc2C[C@@H]1C(=O)N[C@@H](C)C(=O)O. The largest absolute Gasteiger partial charge is 0.508 e. The zero-order chi connectivity index (χ0) is 23.6. The Balaban J connectivity index is 1.87. The van der Waals surface area contributed by atoms with E-state index >= 15 is 0 Å². The maximum atomic E-state index is 13.4.